The Morgan fingerprint density at radius 3 is 2.55 bits per heavy atom. The molecule has 0 radical (unpaired) electrons. The van der Waals surface area contributed by atoms with Gasteiger partial charge in [-0.2, -0.15) is 0 Å². The zero-order valence-corrected chi connectivity index (χ0v) is 17.7. The van der Waals surface area contributed by atoms with Gasteiger partial charge in [0.25, 0.3) is 10.0 Å². The summed E-state index contributed by atoms with van der Waals surface area (Å²) in [6.07, 6.45) is 0. The van der Waals surface area contributed by atoms with Gasteiger partial charge in [0.15, 0.2) is 0 Å². The molecular formula is C23H19N3O4S. The van der Waals surface area contributed by atoms with Crippen molar-refractivity contribution in [3.05, 3.63) is 72.1 Å². The van der Waals surface area contributed by atoms with Crippen molar-refractivity contribution in [2.24, 2.45) is 0 Å². The molecule has 156 valence electrons. The molecule has 7 nitrogen and oxygen atoms in total. The van der Waals surface area contributed by atoms with Crippen LogP contribution in [0.4, 0.5) is 11.4 Å². The number of oxazole rings is 1. The van der Waals surface area contributed by atoms with Gasteiger partial charge in [0.2, 0.25) is 11.8 Å². The number of carbonyl (C=O) groups is 1. The highest BCUT2D eigenvalue weighted by molar-refractivity contribution is 7.93. The summed E-state index contributed by atoms with van der Waals surface area (Å²) < 4.78 is 32.9. The first kappa shape index (κ1) is 19.3. The van der Waals surface area contributed by atoms with Crippen molar-refractivity contribution < 1.29 is 17.6 Å². The van der Waals surface area contributed by atoms with Crippen molar-refractivity contribution in [3.63, 3.8) is 0 Å². The molecule has 0 saturated heterocycles. The van der Waals surface area contributed by atoms with Crippen molar-refractivity contribution in [2.45, 2.75) is 18.7 Å². The topological polar surface area (TPSA) is 92.5 Å². The van der Waals surface area contributed by atoms with Gasteiger partial charge in [-0.15, -0.1) is 0 Å². The van der Waals surface area contributed by atoms with E-state index in [2.05, 4.69) is 10.3 Å². The zero-order valence-electron chi connectivity index (χ0n) is 16.9. The van der Waals surface area contributed by atoms with Gasteiger partial charge >= 0.3 is 0 Å². The van der Waals surface area contributed by atoms with E-state index in [1.165, 1.54) is 0 Å². The smallest absolute Gasteiger partial charge is 0.265 e. The highest BCUT2D eigenvalue weighted by atomic mass is 32.2. The van der Waals surface area contributed by atoms with E-state index in [9.17, 15) is 13.2 Å². The molecule has 5 rings (SSSR count). The molecule has 0 fully saturated rings. The first-order chi connectivity index (χ1) is 14.8. The van der Waals surface area contributed by atoms with Gasteiger partial charge in [-0.25, -0.2) is 13.4 Å². The highest BCUT2D eigenvalue weighted by Gasteiger charge is 2.36. The van der Waals surface area contributed by atoms with Crippen LogP contribution in [0.25, 0.3) is 22.2 Å². The van der Waals surface area contributed by atoms with Crippen molar-refractivity contribution >= 4 is 38.1 Å². The lowest BCUT2D eigenvalue weighted by Gasteiger charge is -2.18. The SMILES string of the molecule is Cc1nc(-c2cccc(NC(=O)CN3c4cccc5cccc(c45)S3(=O)=O)c2)oc1C. The van der Waals surface area contributed by atoms with Crippen LogP contribution in [0.3, 0.4) is 0 Å². The second kappa shape index (κ2) is 6.95. The lowest BCUT2D eigenvalue weighted by Crippen LogP contribution is -2.35. The Bertz CT molecular complexity index is 1430. The largest absolute Gasteiger partial charge is 0.441 e. The van der Waals surface area contributed by atoms with Crippen LogP contribution in [0.2, 0.25) is 0 Å². The third kappa shape index (κ3) is 3.16. The monoisotopic (exact) mass is 433 g/mol. The van der Waals surface area contributed by atoms with Crippen molar-refractivity contribution in [3.8, 4) is 11.5 Å². The van der Waals surface area contributed by atoms with Crippen LogP contribution in [0.15, 0.2) is 70.0 Å². The normalized spacial score (nSPS) is 14.2. The number of amides is 1. The second-order valence-corrected chi connectivity index (χ2v) is 9.26. The molecule has 0 unspecified atom stereocenters. The third-order valence-corrected chi connectivity index (χ3v) is 7.19. The number of anilines is 2. The number of aryl methyl sites for hydroxylation is 2. The highest BCUT2D eigenvalue weighted by Crippen LogP contribution is 2.41. The number of carbonyl (C=O) groups excluding carboxylic acids is 1. The minimum atomic E-state index is -3.79. The molecular weight excluding hydrogens is 414 g/mol. The van der Waals surface area contributed by atoms with Gasteiger partial charge < -0.3 is 9.73 Å². The third-order valence-electron chi connectivity index (χ3n) is 5.39. The standard InChI is InChI=1S/C23H19N3O4S/c1-14-15(2)30-23(24-14)17-8-3-9-18(12-17)25-21(27)13-26-19-10-4-6-16-7-5-11-20(22(16)19)31(26,28)29/h3-12H,13H2,1-2H3,(H,25,27). The van der Waals surface area contributed by atoms with Gasteiger partial charge in [-0.1, -0.05) is 30.3 Å². The van der Waals surface area contributed by atoms with E-state index >= 15 is 0 Å². The van der Waals surface area contributed by atoms with E-state index in [-0.39, 0.29) is 11.4 Å². The maximum Gasteiger partial charge on any atom is 0.265 e. The molecule has 1 amide bonds. The van der Waals surface area contributed by atoms with Gasteiger partial charge in [0.1, 0.15) is 12.3 Å². The first-order valence-corrected chi connectivity index (χ1v) is 11.2. The minimum Gasteiger partial charge on any atom is -0.441 e. The molecule has 0 bridgehead atoms. The number of hydrogen-bond acceptors (Lipinski definition) is 5. The Morgan fingerprint density at radius 1 is 1.06 bits per heavy atom. The van der Waals surface area contributed by atoms with Crippen LogP contribution in [0.5, 0.6) is 0 Å². The fourth-order valence-corrected chi connectivity index (χ4v) is 5.45. The number of nitrogens with zero attached hydrogens (tertiary/aromatic N) is 2. The molecule has 1 aliphatic heterocycles. The van der Waals surface area contributed by atoms with Crippen molar-refractivity contribution in [2.75, 3.05) is 16.2 Å². The maximum atomic E-state index is 13.1. The predicted molar refractivity (Wildman–Crippen MR) is 119 cm³/mol. The van der Waals surface area contributed by atoms with Crippen LogP contribution in [0, 0.1) is 13.8 Å². The predicted octanol–water partition coefficient (Wildman–Crippen LogP) is 4.26. The van der Waals surface area contributed by atoms with Crippen LogP contribution >= 0.6 is 0 Å². The van der Waals surface area contributed by atoms with E-state index in [0.29, 0.717) is 22.7 Å². The fraction of sp³-hybridized carbons (Fsp3) is 0.130. The summed E-state index contributed by atoms with van der Waals surface area (Å²) in [5, 5.41) is 4.25. The van der Waals surface area contributed by atoms with E-state index in [1.54, 1.807) is 42.5 Å². The summed E-state index contributed by atoms with van der Waals surface area (Å²) in [5.74, 6) is 0.762. The summed E-state index contributed by atoms with van der Waals surface area (Å²) in [6.45, 7) is 3.38. The first-order valence-electron chi connectivity index (χ1n) is 9.73. The number of sulfonamides is 1. The summed E-state index contributed by atoms with van der Waals surface area (Å²) in [5.41, 5.74) is 2.57. The number of rotatable bonds is 4. The summed E-state index contributed by atoms with van der Waals surface area (Å²) in [4.78, 5) is 17.4. The number of aromatic nitrogens is 1. The van der Waals surface area contributed by atoms with Crippen LogP contribution in [-0.2, 0) is 14.8 Å². The Balaban J connectivity index is 1.41. The summed E-state index contributed by atoms with van der Waals surface area (Å²) in [7, 11) is -3.79. The molecule has 4 aromatic rings. The lowest BCUT2D eigenvalue weighted by atomic mass is 10.1. The molecule has 0 aliphatic carbocycles. The number of nitrogens with one attached hydrogen (secondary N) is 1. The van der Waals surface area contributed by atoms with Crippen molar-refractivity contribution in [1.29, 1.82) is 0 Å². The molecule has 0 saturated carbocycles. The van der Waals surface area contributed by atoms with Gasteiger partial charge in [-0.05, 0) is 49.6 Å². The Morgan fingerprint density at radius 2 is 1.81 bits per heavy atom. The molecule has 8 heteroatoms. The van der Waals surface area contributed by atoms with E-state index in [4.69, 9.17) is 4.42 Å². The molecule has 2 heterocycles. The van der Waals surface area contributed by atoms with Gasteiger partial charge in [-0.3, -0.25) is 9.10 Å². The Hall–Kier alpha value is -3.65. The Kier molecular flexibility index (Phi) is 4.33. The average molecular weight is 433 g/mol. The molecule has 1 aromatic heterocycles. The number of hydrogen-bond donors (Lipinski definition) is 1. The van der Waals surface area contributed by atoms with E-state index in [1.807, 2.05) is 32.0 Å². The van der Waals surface area contributed by atoms with Gasteiger partial charge in [0, 0.05) is 16.6 Å². The molecule has 3 aromatic carbocycles. The lowest BCUT2D eigenvalue weighted by molar-refractivity contribution is -0.114. The number of benzene rings is 3. The molecule has 0 spiro atoms. The maximum absolute atomic E-state index is 13.1. The minimum absolute atomic E-state index is 0.227. The van der Waals surface area contributed by atoms with Gasteiger partial charge in [0.05, 0.1) is 16.3 Å². The molecule has 1 aliphatic rings. The molecule has 0 atom stereocenters. The Labute approximate surface area is 179 Å². The quantitative estimate of drug-likeness (QED) is 0.519. The molecule has 1 N–H and O–H groups in total. The zero-order chi connectivity index (χ0) is 21.8. The van der Waals surface area contributed by atoms with Crippen LogP contribution < -0.4 is 9.62 Å². The summed E-state index contributed by atoms with van der Waals surface area (Å²) in [6, 6.07) is 17.6. The second-order valence-electron chi connectivity index (χ2n) is 7.43. The average Bonchev–Trinajstić information content (AvgIpc) is 3.19. The van der Waals surface area contributed by atoms with Crippen LogP contribution in [0.1, 0.15) is 11.5 Å². The molecule has 31 heavy (non-hydrogen) atoms. The van der Waals surface area contributed by atoms with E-state index < -0.39 is 15.9 Å². The van der Waals surface area contributed by atoms with Crippen LogP contribution in [-0.4, -0.2) is 25.9 Å². The van der Waals surface area contributed by atoms with E-state index in [0.717, 1.165) is 26.7 Å². The van der Waals surface area contributed by atoms with Crippen molar-refractivity contribution in [1.82, 2.24) is 4.98 Å². The summed E-state index contributed by atoms with van der Waals surface area (Å²) >= 11 is 0. The fourth-order valence-electron chi connectivity index (χ4n) is 3.79.